The van der Waals surface area contributed by atoms with Gasteiger partial charge in [0.1, 0.15) is 5.76 Å². The Morgan fingerprint density at radius 3 is 2.41 bits per heavy atom. The van der Waals surface area contributed by atoms with Gasteiger partial charge in [0.05, 0.1) is 17.0 Å². The number of aliphatic hydroxyl groups is 1. The summed E-state index contributed by atoms with van der Waals surface area (Å²) in [7, 11) is 0. The highest BCUT2D eigenvalue weighted by atomic mass is 16.3. The van der Waals surface area contributed by atoms with Crippen molar-refractivity contribution in [2.75, 3.05) is 0 Å². The zero-order valence-electron chi connectivity index (χ0n) is 13.9. The zero-order valence-corrected chi connectivity index (χ0v) is 13.9. The van der Waals surface area contributed by atoms with Gasteiger partial charge in [0.15, 0.2) is 5.78 Å². The first-order valence-electron chi connectivity index (χ1n) is 7.87. The molecule has 2 rings (SSSR count). The third-order valence-electron chi connectivity index (χ3n) is 3.76. The summed E-state index contributed by atoms with van der Waals surface area (Å²) in [6.45, 7) is 8.20. The van der Waals surface area contributed by atoms with Gasteiger partial charge in [0.25, 0.3) is 0 Å². The molecule has 3 heteroatoms. The average molecular weight is 299 g/mol. The molecule has 1 aromatic carbocycles. The molecule has 1 aromatic rings. The lowest BCUT2D eigenvalue weighted by Gasteiger charge is -2.30. The highest BCUT2D eigenvalue weighted by Crippen LogP contribution is 2.37. The molecule has 0 saturated carbocycles. The van der Waals surface area contributed by atoms with Crippen molar-refractivity contribution in [3.63, 3.8) is 0 Å². The largest absolute Gasteiger partial charge is 0.511 e. The lowest BCUT2D eigenvalue weighted by Crippen LogP contribution is -2.29. The second-order valence-corrected chi connectivity index (χ2v) is 7.25. The van der Waals surface area contributed by atoms with Crippen molar-refractivity contribution in [2.24, 2.45) is 16.3 Å². The molecule has 0 heterocycles. The quantitative estimate of drug-likeness (QED) is 0.795. The molecule has 0 unspecified atom stereocenters. The second kappa shape index (κ2) is 6.47. The molecule has 0 spiro atoms. The fourth-order valence-corrected chi connectivity index (χ4v) is 2.86. The predicted octanol–water partition coefficient (Wildman–Crippen LogP) is 5.01. The molecule has 22 heavy (non-hydrogen) atoms. The number of para-hydroxylation sites is 1. The first-order chi connectivity index (χ1) is 10.3. The maximum absolute atomic E-state index is 12.5. The van der Waals surface area contributed by atoms with E-state index < -0.39 is 0 Å². The van der Waals surface area contributed by atoms with Gasteiger partial charge in [-0.3, -0.25) is 9.79 Å². The molecule has 1 aliphatic carbocycles. The maximum Gasteiger partial charge on any atom is 0.168 e. The Labute approximate surface area is 132 Å². The van der Waals surface area contributed by atoms with E-state index in [1.165, 1.54) is 0 Å². The standard InChI is InChI=1S/C19H25NO2/c1-13(2)10-15(20-14-8-6-5-7-9-14)18-16(21)11-19(3,4)12-17(18)22/h5-9,13,21H,10-12H2,1-4H3. The number of carbonyl (C=O) groups excluding carboxylic acids is 1. The second-order valence-electron chi connectivity index (χ2n) is 7.25. The van der Waals surface area contributed by atoms with E-state index in [2.05, 4.69) is 18.8 Å². The molecule has 0 amide bonds. The van der Waals surface area contributed by atoms with Crippen LogP contribution in [0.4, 0.5) is 5.69 Å². The molecule has 0 saturated heterocycles. The molecule has 0 radical (unpaired) electrons. The molecule has 3 nitrogen and oxygen atoms in total. The van der Waals surface area contributed by atoms with Gasteiger partial charge in [-0.15, -0.1) is 0 Å². The Morgan fingerprint density at radius 2 is 1.86 bits per heavy atom. The Balaban J connectivity index is 2.46. The van der Waals surface area contributed by atoms with Crippen LogP contribution in [0.25, 0.3) is 0 Å². The number of rotatable bonds is 4. The number of aliphatic imine (C=N–C) groups is 1. The van der Waals surface area contributed by atoms with E-state index in [1.807, 2.05) is 44.2 Å². The van der Waals surface area contributed by atoms with Gasteiger partial charge in [-0.1, -0.05) is 45.9 Å². The minimum absolute atomic E-state index is 0.00378. The summed E-state index contributed by atoms with van der Waals surface area (Å²) in [5.41, 5.74) is 1.78. The molecule has 0 aliphatic heterocycles. The van der Waals surface area contributed by atoms with Crippen LogP contribution < -0.4 is 0 Å². The van der Waals surface area contributed by atoms with Crippen LogP contribution in [0.2, 0.25) is 0 Å². The predicted molar refractivity (Wildman–Crippen MR) is 90.7 cm³/mol. The van der Waals surface area contributed by atoms with E-state index in [-0.39, 0.29) is 17.0 Å². The van der Waals surface area contributed by atoms with E-state index in [0.29, 0.717) is 36.5 Å². The summed E-state index contributed by atoms with van der Waals surface area (Å²) in [4.78, 5) is 17.2. The van der Waals surface area contributed by atoms with Crippen LogP contribution in [0.1, 0.15) is 47.0 Å². The monoisotopic (exact) mass is 299 g/mol. The molecule has 0 atom stereocenters. The normalized spacial score (nSPS) is 19.0. The molecule has 0 bridgehead atoms. The van der Waals surface area contributed by atoms with Crippen molar-refractivity contribution in [1.82, 2.24) is 0 Å². The van der Waals surface area contributed by atoms with Crippen molar-refractivity contribution in [2.45, 2.75) is 47.0 Å². The van der Waals surface area contributed by atoms with Crippen LogP contribution in [0.3, 0.4) is 0 Å². The van der Waals surface area contributed by atoms with Crippen molar-refractivity contribution < 1.29 is 9.90 Å². The maximum atomic E-state index is 12.5. The SMILES string of the molecule is CC(C)CC(=Nc1ccccc1)C1=C(O)CC(C)(C)CC1=O. The smallest absolute Gasteiger partial charge is 0.168 e. The number of hydrogen-bond donors (Lipinski definition) is 1. The fourth-order valence-electron chi connectivity index (χ4n) is 2.86. The van der Waals surface area contributed by atoms with Gasteiger partial charge in [0.2, 0.25) is 0 Å². The highest BCUT2D eigenvalue weighted by Gasteiger charge is 2.35. The summed E-state index contributed by atoms with van der Waals surface area (Å²) in [5, 5.41) is 10.4. The Kier molecular flexibility index (Phi) is 4.84. The van der Waals surface area contributed by atoms with Gasteiger partial charge in [-0.05, 0) is 29.9 Å². The molecule has 0 aromatic heterocycles. The number of carbonyl (C=O) groups is 1. The van der Waals surface area contributed by atoms with Gasteiger partial charge in [-0.2, -0.15) is 0 Å². The van der Waals surface area contributed by atoms with Crippen molar-refractivity contribution >= 4 is 17.2 Å². The van der Waals surface area contributed by atoms with E-state index in [4.69, 9.17) is 0 Å². The van der Waals surface area contributed by atoms with E-state index >= 15 is 0 Å². The first kappa shape index (κ1) is 16.5. The minimum atomic E-state index is -0.180. The fraction of sp³-hybridized carbons (Fsp3) is 0.474. The molecular formula is C19H25NO2. The number of nitrogens with zero attached hydrogens (tertiary/aromatic N) is 1. The third kappa shape index (κ3) is 4.06. The van der Waals surface area contributed by atoms with Gasteiger partial charge < -0.3 is 5.11 Å². The van der Waals surface area contributed by atoms with Gasteiger partial charge in [-0.25, -0.2) is 0 Å². The van der Waals surface area contributed by atoms with Crippen LogP contribution in [-0.2, 0) is 4.79 Å². The van der Waals surface area contributed by atoms with Crippen LogP contribution in [0, 0.1) is 11.3 Å². The summed E-state index contributed by atoms with van der Waals surface area (Å²) in [6.07, 6.45) is 1.67. The van der Waals surface area contributed by atoms with Crippen LogP contribution in [0.5, 0.6) is 0 Å². The van der Waals surface area contributed by atoms with E-state index in [1.54, 1.807) is 0 Å². The van der Waals surface area contributed by atoms with Crippen molar-refractivity contribution in [3.05, 3.63) is 41.7 Å². The van der Waals surface area contributed by atoms with Gasteiger partial charge >= 0.3 is 0 Å². The summed E-state index contributed by atoms with van der Waals surface area (Å²) in [6, 6.07) is 9.61. The van der Waals surface area contributed by atoms with Gasteiger partial charge in [0, 0.05) is 12.8 Å². The van der Waals surface area contributed by atoms with E-state index in [9.17, 15) is 9.90 Å². The third-order valence-corrected chi connectivity index (χ3v) is 3.76. The number of Topliss-reactive ketones (excluding diaryl/α,β-unsaturated/α-hetero) is 1. The van der Waals surface area contributed by atoms with Crippen molar-refractivity contribution in [3.8, 4) is 0 Å². The topological polar surface area (TPSA) is 49.7 Å². The minimum Gasteiger partial charge on any atom is -0.511 e. The molecule has 1 N–H and O–H groups in total. The summed E-state index contributed by atoms with van der Waals surface area (Å²) in [5.74, 6) is 0.561. The van der Waals surface area contributed by atoms with Crippen molar-refractivity contribution in [1.29, 1.82) is 0 Å². The summed E-state index contributed by atoms with van der Waals surface area (Å²) >= 11 is 0. The number of benzene rings is 1. The number of hydrogen-bond acceptors (Lipinski definition) is 3. The lowest BCUT2D eigenvalue weighted by molar-refractivity contribution is -0.117. The zero-order chi connectivity index (χ0) is 16.3. The lowest BCUT2D eigenvalue weighted by atomic mass is 9.75. The van der Waals surface area contributed by atoms with Crippen LogP contribution in [-0.4, -0.2) is 16.6 Å². The van der Waals surface area contributed by atoms with E-state index in [0.717, 1.165) is 5.69 Å². The molecular weight excluding hydrogens is 274 g/mol. The Bertz CT molecular complexity index is 610. The van der Waals surface area contributed by atoms with Crippen LogP contribution >= 0.6 is 0 Å². The average Bonchev–Trinajstić information content (AvgIpc) is 2.36. The Hall–Kier alpha value is -1.90. The molecule has 1 aliphatic rings. The number of aliphatic hydroxyl groups excluding tert-OH is 1. The van der Waals surface area contributed by atoms with Crippen LogP contribution in [0.15, 0.2) is 46.7 Å². The summed E-state index contributed by atoms with van der Waals surface area (Å²) < 4.78 is 0. The number of ketones is 1. The first-order valence-corrected chi connectivity index (χ1v) is 7.87. The Morgan fingerprint density at radius 1 is 1.23 bits per heavy atom. The molecule has 118 valence electrons. The molecule has 0 fully saturated rings. The number of allylic oxidation sites excluding steroid dienone is 2. The highest BCUT2D eigenvalue weighted by molar-refractivity contribution is 6.23.